The quantitative estimate of drug-likeness (QED) is 0.813. The van der Waals surface area contributed by atoms with E-state index in [1.165, 1.54) is 0 Å². The summed E-state index contributed by atoms with van der Waals surface area (Å²) in [5, 5.41) is 0. The van der Waals surface area contributed by atoms with Crippen LogP contribution >= 0.6 is 0 Å². The first-order chi connectivity index (χ1) is 11.7. The van der Waals surface area contributed by atoms with E-state index in [0.717, 1.165) is 28.1 Å². The summed E-state index contributed by atoms with van der Waals surface area (Å²) in [7, 11) is -4.06. The van der Waals surface area contributed by atoms with Crippen LogP contribution in [-0.2, 0) is 22.6 Å². The van der Waals surface area contributed by atoms with Gasteiger partial charge in [0.1, 0.15) is 0 Å². The molecule has 0 amide bonds. The van der Waals surface area contributed by atoms with E-state index >= 15 is 0 Å². The second-order valence-corrected chi connectivity index (χ2v) is 7.39. The summed E-state index contributed by atoms with van der Waals surface area (Å²) >= 11 is 0. The smallest absolute Gasteiger partial charge is 0.329 e. The van der Waals surface area contributed by atoms with Crippen LogP contribution in [0.2, 0.25) is 0 Å². The summed E-state index contributed by atoms with van der Waals surface area (Å²) in [6.45, 7) is 0.248. The molecule has 0 heterocycles. The molecule has 0 aliphatic carbocycles. The molecule has 2 N–H and O–H groups in total. The van der Waals surface area contributed by atoms with Crippen LogP contribution in [0.5, 0.6) is 0 Å². The molecular weight excluding hydrogens is 353 g/mol. The molecule has 0 aliphatic heterocycles. The minimum absolute atomic E-state index is 0.0331. The number of benzene rings is 2. The lowest BCUT2D eigenvalue weighted by atomic mass is 10.1. The first kappa shape index (κ1) is 19.4. The third-order valence-electron chi connectivity index (χ3n) is 3.67. The average Bonchev–Trinajstić information content (AvgIpc) is 2.58. The Labute approximate surface area is 145 Å². The second kappa shape index (κ2) is 7.99. The maximum atomic E-state index is 12.8. The third kappa shape index (κ3) is 5.04. The van der Waals surface area contributed by atoms with Gasteiger partial charge in [0.15, 0.2) is 0 Å². The number of hydrogen-bond acceptors (Lipinski definition) is 3. The van der Waals surface area contributed by atoms with E-state index in [4.69, 9.17) is 5.73 Å². The number of hydrogen-bond donors (Lipinski definition) is 1. The zero-order chi connectivity index (χ0) is 18.5. The van der Waals surface area contributed by atoms with Gasteiger partial charge in [-0.05, 0) is 30.2 Å². The van der Waals surface area contributed by atoms with Crippen molar-refractivity contribution < 1.29 is 21.6 Å². The SMILES string of the molecule is NCCN(CCc1ccccc1)S(=O)(=O)c1cccc(C(F)(F)F)c1. The van der Waals surface area contributed by atoms with Crippen molar-refractivity contribution >= 4 is 10.0 Å². The summed E-state index contributed by atoms with van der Waals surface area (Å²) in [6.07, 6.45) is -4.16. The number of sulfonamides is 1. The van der Waals surface area contributed by atoms with Gasteiger partial charge in [-0.25, -0.2) is 8.42 Å². The van der Waals surface area contributed by atoms with Gasteiger partial charge in [-0.1, -0.05) is 36.4 Å². The van der Waals surface area contributed by atoms with Crippen molar-refractivity contribution in [1.29, 1.82) is 0 Å². The molecule has 2 aromatic carbocycles. The molecular formula is C17H19F3N2O2S. The lowest BCUT2D eigenvalue weighted by molar-refractivity contribution is -0.137. The van der Waals surface area contributed by atoms with Crippen molar-refractivity contribution in [2.24, 2.45) is 5.73 Å². The highest BCUT2D eigenvalue weighted by atomic mass is 32.2. The fraction of sp³-hybridized carbons (Fsp3) is 0.294. The molecule has 2 aromatic rings. The van der Waals surface area contributed by atoms with Gasteiger partial charge in [0.25, 0.3) is 0 Å². The largest absolute Gasteiger partial charge is 0.416 e. The fourth-order valence-corrected chi connectivity index (χ4v) is 3.88. The summed E-state index contributed by atoms with van der Waals surface area (Å²) in [4.78, 5) is -0.385. The van der Waals surface area contributed by atoms with Crippen LogP contribution in [0.25, 0.3) is 0 Å². The van der Waals surface area contributed by atoms with E-state index in [0.29, 0.717) is 12.5 Å². The highest BCUT2D eigenvalue weighted by molar-refractivity contribution is 7.89. The molecule has 136 valence electrons. The van der Waals surface area contributed by atoms with Crippen molar-refractivity contribution in [2.45, 2.75) is 17.5 Å². The molecule has 0 saturated heterocycles. The van der Waals surface area contributed by atoms with Gasteiger partial charge in [-0.3, -0.25) is 0 Å². The highest BCUT2D eigenvalue weighted by Crippen LogP contribution is 2.31. The van der Waals surface area contributed by atoms with Gasteiger partial charge in [-0.15, -0.1) is 0 Å². The fourth-order valence-electron chi connectivity index (χ4n) is 2.38. The number of rotatable bonds is 7. The predicted octanol–water partition coefficient (Wildman–Crippen LogP) is 2.90. The van der Waals surface area contributed by atoms with Crippen LogP contribution in [0.15, 0.2) is 59.5 Å². The van der Waals surface area contributed by atoms with Gasteiger partial charge in [-0.2, -0.15) is 17.5 Å². The summed E-state index contributed by atoms with van der Waals surface area (Å²) in [6, 6.07) is 13.0. The second-order valence-electron chi connectivity index (χ2n) is 5.45. The Morgan fingerprint density at radius 2 is 1.64 bits per heavy atom. The van der Waals surface area contributed by atoms with Crippen molar-refractivity contribution in [1.82, 2.24) is 4.31 Å². The van der Waals surface area contributed by atoms with E-state index in [1.54, 1.807) is 0 Å². The maximum absolute atomic E-state index is 12.8. The first-order valence-electron chi connectivity index (χ1n) is 7.66. The first-order valence-corrected chi connectivity index (χ1v) is 9.10. The lowest BCUT2D eigenvalue weighted by Gasteiger charge is -2.22. The number of nitrogens with zero attached hydrogens (tertiary/aromatic N) is 1. The summed E-state index contributed by atoms with van der Waals surface area (Å²) in [5.41, 5.74) is 5.42. The van der Waals surface area contributed by atoms with Crippen LogP contribution < -0.4 is 5.73 Å². The van der Waals surface area contributed by atoms with Crippen molar-refractivity contribution in [2.75, 3.05) is 19.6 Å². The standard InChI is InChI=1S/C17H19F3N2O2S/c18-17(19,20)15-7-4-8-16(13-15)25(23,24)22(12-10-21)11-9-14-5-2-1-3-6-14/h1-8,13H,9-12,21H2. The Kier molecular flexibility index (Phi) is 6.21. The molecule has 25 heavy (non-hydrogen) atoms. The van der Waals surface area contributed by atoms with Crippen LogP contribution in [0, 0.1) is 0 Å². The maximum Gasteiger partial charge on any atom is 0.416 e. The van der Waals surface area contributed by atoms with E-state index < -0.39 is 21.8 Å². The van der Waals surface area contributed by atoms with Crippen molar-refractivity contribution in [3.63, 3.8) is 0 Å². The van der Waals surface area contributed by atoms with E-state index in [2.05, 4.69) is 0 Å². The minimum atomic E-state index is -4.60. The Balaban J connectivity index is 2.26. The molecule has 8 heteroatoms. The molecule has 0 spiro atoms. The third-order valence-corrected chi connectivity index (χ3v) is 5.56. The monoisotopic (exact) mass is 372 g/mol. The topological polar surface area (TPSA) is 63.4 Å². The Morgan fingerprint density at radius 1 is 0.960 bits per heavy atom. The Morgan fingerprint density at radius 3 is 2.24 bits per heavy atom. The van der Waals surface area contributed by atoms with Crippen molar-refractivity contribution in [3.05, 3.63) is 65.7 Å². The van der Waals surface area contributed by atoms with Gasteiger partial charge in [0.2, 0.25) is 10.0 Å². The number of alkyl halides is 3. The molecule has 0 radical (unpaired) electrons. The van der Waals surface area contributed by atoms with E-state index in [1.807, 2.05) is 30.3 Å². The van der Waals surface area contributed by atoms with E-state index in [-0.39, 0.29) is 24.5 Å². The zero-order valence-electron chi connectivity index (χ0n) is 13.4. The normalized spacial score (nSPS) is 12.5. The molecule has 0 bridgehead atoms. The molecule has 4 nitrogen and oxygen atoms in total. The summed E-state index contributed by atoms with van der Waals surface area (Å²) in [5.74, 6) is 0. The molecule has 0 fully saturated rings. The molecule has 0 aromatic heterocycles. The lowest BCUT2D eigenvalue weighted by Crippen LogP contribution is -2.37. The van der Waals surface area contributed by atoms with Gasteiger partial charge >= 0.3 is 6.18 Å². The van der Waals surface area contributed by atoms with E-state index in [9.17, 15) is 21.6 Å². The van der Waals surface area contributed by atoms with Crippen LogP contribution in [0.1, 0.15) is 11.1 Å². The van der Waals surface area contributed by atoms with Crippen LogP contribution in [-0.4, -0.2) is 32.4 Å². The predicted molar refractivity (Wildman–Crippen MR) is 89.4 cm³/mol. The molecule has 0 atom stereocenters. The van der Waals surface area contributed by atoms with Crippen LogP contribution in [0.4, 0.5) is 13.2 Å². The van der Waals surface area contributed by atoms with Gasteiger partial charge < -0.3 is 5.73 Å². The van der Waals surface area contributed by atoms with Gasteiger partial charge in [0.05, 0.1) is 10.5 Å². The average molecular weight is 372 g/mol. The highest BCUT2D eigenvalue weighted by Gasteiger charge is 2.32. The zero-order valence-corrected chi connectivity index (χ0v) is 14.2. The van der Waals surface area contributed by atoms with Gasteiger partial charge in [0, 0.05) is 19.6 Å². The number of halogens is 3. The molecule has 0 saturated carbocycles. The minimum Gasteiger partial charge on any atom is -0.329 e. The van der Waals surface area contributed by atoms with Crippen LogP contribution in [0.3, 0.4) is 0 Å². The molecule has 2 rings (SSSR count). The Hall–Kier alpha value is -1.90. The summed E-state index contributed by atoms with van der Waals surface area (Å²) < 4.78 is 65.1. The molecule has 0 unspecified atom stereocenters. The Bertz CT molecular complexity index is 793. The molecule has 0 aliphatic rings. The number of nitrogens with two attached hydrogens (primary N) is 1. The van der Waals surface area contributed by atoms with Crippen molar-refractivity contribution in [3.8, 4) is 0 Å².